The maximum absolute atomic E-state index is 11.4. The molecule has 2 N–H and O–H groups in total. The van der Waals surface area contributed by atoms with Crippen molar-refractivity contribution >= 4 is 10.0 Å². The van der Waals surface area contributed by atoms with E-state index in [0.29, 0.717) is 5.69 Å². The van der Waals surface area contributed by atoms with E-state index in [1.54, 1.807) is 30.8 Å². The zero-order valence-electron chi connectivity index (χ0n) is 14.3. The summed E-state index contributed by atoms with van der Waals surface area (Å²) in [5.74, 6) is 3.57. The van der Waals surface area contributed by atoms with Gasteiger partial charge in [-0.1, -0.05) is 30.2 Å². The average molecular weight is 367 g/mol. The van der Waals surface area contributed by atoms with Gasteiger partial charge in [0, 0.05) is 23.4 Å². The van der Waals surface area contributed by atoms with E-state index in [-0.39, 0.29) is 4.90 Å². The molecule has 1 aromatic heterocycles. The third-order valence-corrected chi connectivity index (χ3v) is 4.73. The average Bonchev–Trinajstić information content (AvgIpc) is 3.05. The molecule has 2 aromatic carbocycles. The first kappa shape index (κ1) is 17.7. The van der Waals surface area contributed by atoms with Crippen LogP contribution in [0.3, 0.4) is 0 Å². The summed E-state index contributed by atoms with van der Waals surface area (Å²) in [4.78, 5) is 0.0556. The van der Waals surface area contributed by atoms with Crippen LogP contribution in [0, 0.1) is 12.0 Å². The van der Waals surface area contributed by atoms with Crippen molar-refractivity contribution in [2.75, 3.05) is 7.11 Å². The van der Waals surface area contributed by atoms with Gasteiger partial charge in [0.05, 0.1) is 12.0 Å². The molecule has 0 fully saturated rings. The highest BCUT2D eigenvalue weighted by Crippen LogP contribution is 2.32. The molecule has 0 amide bonds. The van der Waals surface area contributed by atoms with Gasteiger partial charge >= 0.3 is 0 Å². The second kappa shape index (κ2) is 7.04. The zero-order chi connectivity index (χ0) is 18.7. The Kier molecular flexibility index (Phi) is 4.80. The van der Waals surface area contributed by atoms with Crippen molar-refractivity contribution in [3.63, 3.8) is 0 Å². The number of nitrogens with two attached hydrogens (primary N) is 1. The van der Waals surface area contributed by atoms with Crippen LogP contribution >= 0.6 is 0 Å². The topological polar surface area (TPSA) is 87.2 Å². The quantitative estimate of drug-likeness (QED) is 0.718. The molecule has 0 aliphatic heterocycles. The van der Waals surface area contributed by atoms with Crippen LogP contribution in [-0.2, 0) is 10.0 Å². The monoisotopic (exact) mass is 367 g/mol. The largest absolute Gasteiger partial charge is 0.497 e. The molecule has 26 heavy (non-hydrogen) atoms. The Hall–Kier alpha value is -3.08. The second-order valence-electron chi connectivity index (χ2n) is 5.50. The van der Waals surface area contributed by atoms with E-state index in [4.69, 9.17) is 9.88 Å². The Bertz CT molecular complexity index is 1090. The molecule has 0 radical (unpaired) electrons. The minimum atomic E-state index is -3.74. The number of primary sulfonamides is 1. The summed E-state index contributed by atoms with van der Waals surface area (Å²) in [7, 11) is -2.12. The Morgan fingerprint density at radius 2 is 1.65 bits per heavy atom. The van der Waals surface area contributed by atoms with Gasteiger partial charge < -0.3 is 4.74 Å². The lowest BCUT2D eigenvalue weighted by atomic mass is 10.0. The van der Waals surface area contributed by atoms with Gasteiger partial charge in [-0.25, -0.2) is 13.6 Å². The van der Waals surface area contributed by atoms with Crippen LogP contribution in [0.1, 0.15) is 6.92 Å². The van der Waals surface area contributed by atoms with Crippen LogP contribution in [-0.4, -0.2) is 25.3 Å². The first-order valence-electron chi connectivity index (χ1n) is 7.72. The lowest BCUT2D eigenvalue weighted by molar-refractivity contribution is 0.415. The van der Waals surface area contributed by atoms with E-state index in [9.17, 15) is 8.42 Å². The molecule has 7 heteroatoms. The highest BCUT2D eigenvalue weighted by Gasteiger charge is 2.14. The smallest absolute Gasteiger partial charge is 0.238 e. The van der Waals surface area contributed by atoms with E-state index < -0.39 is 10.0 Å². The Morgan fingerprint density at radius 3 is 2.19 bits per heavy atom. The van der Waals surface area contributed by atoms with Crippen molar-refractivity contribution in [1.29, 1.82) is 0 Å². The molecule has 0 saturated carbocycles. The van der Waals surface area contributed by atoms with E-state index in [0.717, 1.165) is 22.4 Å². The first-order chi connectivity index (χ1) is 12.4. The molecule has 1 heterocycles. The molecule has 3 aromatic rings. The Balaban J connectivity index is 2.11. The molecule has 0 spiro atoms. The van der Waals surface area contributed by atoms with Crippen LogP contribution in [0.25, 0.3) is 22.4 Å². The van der Waals surface area contributed by atoms with Crippen molar-refractivity contribution < 1.29 is 13.2 Å². The lowest BCUT2D eigenvalue weighted by Gasteiger charge is -2.05. The van der Waals surface area contributed by atoms with E-state index in [1.807, 2.05) is 30.5 Å². The molecule has 0 unspecified atom stereocenters. The number of methoxy groups -OCH3 is 1. The predicted molar refractivity (Wildman–Crippen MR) is 99.9 cm³/mol. The number of benzene rings is 2. The van der Waals surface area contributed by atoms with Crippen molar-refractivity contribution in [1.82, 2.24) is 9.78 Å². The molecular weight excluding hydrogens is 350 g/mol. The summed E-state index contributed by atoms with van der Waals surface area (Å²) in [6.07, 6.45) is 1.83. The van der Waals surface area contributed by atoms with E-state index in [1.165, 1.54) is 12.1 Å². The van der Waals surface area contributed by atoms with Gasteiger partial charge in [0.2, 0.25) is 10.0 Å². The minimum absolute atomic E-state index is 0.0556. The molecule has 0 bridgehead atoms. The van der Waals surface area contributed by atoms with Gasteiger partial charge in [-0.15, -0.1) is 0 Å². The molecular formula is C19H17N3O3S. The van der Waals surface area contributed by atoms with Crippen LogP contribution in [0.15, 0.2) is 59.6 Å². The molecule has 6 nitrogen and oxygen atoms in total. The number of sulfonamides is 1. The third-order valence-electron chi connectivity index (χ3n) is 3.80. The third kappa shape index (κ3) is 3.61. The normalized spacial score (nSPS) is 10.9. The zero-order valence-corrected chi connectivity index (χ0v) is 15.1. The summed E-state index contributed by atoms with van der Waals surface area (Å²) in [6.45, 7) is 1.73. The minimum Gasteiger partial charge on any atom is -0.497 e. The van der Waals surface area contributed by atoms with Gasteiger partial charge in [0.15, 0.2) is 0 Å². The predicted octanol–water partition coefficient (Wildman–Crippen LogP) is 2.70. The highest BCUT2D eigenvalue weighted by molar-refractivity contribution is 7.89. The SMILES string of the molecule is CC#Cn1cc(-c2ccc(OC)cc2)c(-c2ccc(S(N)(=O)=O)cc2)n1. The molecule has 0 aliphatic rings. The van der Waals surface area contributed by atoms with Crippen molar-refractivity contribution in [2.45, 2.75) is 11.8 Å². The van der Waals surface area contributed by atoms with E-state index >= 15 is 0 Å². The van der Waals surface area contributed by atoms with Crippen LogP contribution < -0.4 is 9.88 Å². The Morgan fingerprint density at radius 1 is 1.04 bits per heavy atom. The summed E-state index contributed by atoms with van der Waals surface area (Å²) in [5, 5.41) is 9.67. The molecule has 132 valence electrons. The van der Waals surface area contributed by atoms with Crippen LogP contribution in [0.5, 0.6) is 5.75 Å². The molecule has 3 rings (SSSR count). The van der Waals surface area contributed by atoms with Crippen LogP contribution in [0.4, 0.5) is 0 Å². The number of ether oxygens (including phenoxy) is 1. The van der Waals surface area contributed by atoms with Gasteiger partial charge in [0.1, 0.15) is 11.4 Å². The number of hydrogen-bond acceptors (Lipinski definition) is 4. The van der Waals surface area contributed by atoms with Gasteiger partial charge in [0.25, 0.3) is 0 Å². The maximum Gasteiger partial charge on any atom is 0.238 e. The van der Waals surface area contributed by atoms with Gasteiger partial charge in [-0.2, -0.15) is 9.78 Å². The van der Waals surface area contributed by atoms with Crippen molar-refractivity contribution in [3.8, 4) is 40.1 Å². The van der Waals surface area contributed by atoms with Gasteiger partial charge in [-0.05, 0) is 36.8 Å². The fourth-order valence-electron chi connectivity index (χ4n) is 2.54. The standard InChI is InChI=1S/C19H17N3O3S/c1-3-12-22-13-18(14-4-8-16(25-2)9-5-14)19(21-22)15-6-10-17(11-7-15)26(20,23)24/h4-11,13H,1-2H3,(H2,20,23,24). The number of aromatic nitrogens is 2. The highest BCUT2D eigenvalue weighted by atomic mass is 32.2. The van der Waals surface area contributed by atoms with Crippen molar-refractivity contribution in [3.05, 3.63) is 54.7 Å². The summed E-state index contributed by atoms with van der Waals surface area (Å²) in [5.41, 5.74) is 3.28. The van der Waals surface area contributed by atoms with Crippen LogP contribution in [0.2, 0.25) is 0 Å². The number of rotatable bonds is 4. The van der Waals surface area contributed by atoms with E-state index in [2.05, 4.69) is 17.1 Å². The fraction of sp³-hybridized carbons (Fsp3) is 0.105. The number of hydrogen-bond donors (Lipinski definition) is 1. The molecule has 0 saturated heterocycles. The Labute approximate surface area is 152 Å². The molecule has 0 atom stereocenters. The summed E-state index contributed by atoms with van der Waals surface area (Å²) in [6, 6.07) is 16.8. The fourth-order valence-corrected chi connectivity index (χ4v) is 3.06. The maximum atomic E-state index is 11.4. The number of nitrogens with zero attached hydrogens (tertiary/aromatic N) is 2. The lowest BCUT2D eigenvalue weighted by Crippen LogP contribution is -2.11. The van der Waals surface area contributed by atoms with Gasteiger partial charge in [-0.3, -0.25) is 0 Å². The second-order valence-corrected chi connectivity index (χ2v) is 7.06. The molecule has 0 aliphatic carbocycles. The van der Waals surface area contributed by atoms with Crippen molar-refractivity contribution in [2.24, 2.45) is 5.14 Å². The summed E-state index contributed by atoms with van der Waals surface area (Å²) >= 11 is 0. The summed E-state index contributed by atoms with van der Waals surface area (Å²) < 4.78 is 29.6. The first-order valence-corrected chi connectivity index (χ1v) is 9.27.